The van der Waals surface area contributed by atoms with E-state index in [1.807, 2.05) is 42.5 Å². The zero-order valence-corrected chi connectivity index (χ0v) is 29.3. The van der Waals surface area contributed by atoms with Crippen molar-refractivity contribution in [3.63, 3.8) is 0 Å². The van der Waals surface area contributed by atoms with E-state index in [1.165, 1.54) is 5.56 Å². The van der Waals surface area contributed by atoms with Crippen LogP contribution < -0.4 is 10.1 Å². The molecule has 1 heterocycles. The van der Waals surface area contributed by atoms with Crippen molar-refractivity contribution in [1.82, 2.24) is 10.5 Å². The maximum atomic E-state index is 12.6. The van der Waals surface area contributed by atoms with Crippen molar-refractivity contribution in [3.05, 3.63) is 135 Å². The molecule has 8 nitrogen and oxygen atoms in total. The molecule has 1 atom stereocenters. The summed E-state index contributed by atoms with van der Waals surface area (Å²) in [6.45, 7) is 6.48. The number of carbonyl (C=O) groups is 1. The fourth-order valence-electron chi connectivity index (χ4n) is 5.09. The van der Waals surface area contributed by atoms with Crippen LogP contribution in [0.25, 0.3) is 11.3 Å². The Labute approximate surface area is 291 Å². The first kappa shape index (κ1) is 35.2. The molecule has 1 aromatic heterocycles. The number of rotatable bonds is 12. The van der Waals surface area contributed by atoms with Crippen LogP contribution in [0.5, 0.6) is 11.5 Å². The highest BCUT2D eigenvalue weighted by molar-refractivity contribution is 7.86. The van der Waals surface area contributed by atoms with Gasteiger partial charge in [-0.2, -0.15) is 8.42 Å². The van der Waals surface area contributed by atoms with Crippen LogP contribution >= 0.6 is 23.2 Å². The molecule has 250 valence electrons. The SMILES string of the molecule is COS(=O)(=O)CCNC(=O)c1ccc(CC(c2ccc(C(C)(C)C)cc2)c2cc(-c3cccc(Oc4ccc(Cl)c(Cl)c4)c3)on2)cc1. The average molecular weight is 708 g/mol. The van der Waals surface area contributed by atoms with Gasteiger partial charge in [0.2, 0.25) is 0 Å². The monoisotopic (exact) mass is 706 g/mol. The number of carbonyl (C=O) groups excluding carboxylic acids is 1. The summed E-state index contributed by atoms with van der Waals surface area (Å²) in [5, 5.41) is 7.98. The minimum atomic E-state index is -3.66. The van der Waals surface area contributed by atoms with Gasteiger partial charge in [-0.15, -0.1) is 0 Å². The number of hydrogen-bond donors (Lipinski definition) is 1. The summed E-state index contributed by atoms with van der Waals surface area (Å²) in [5.74, 6) is 0.920. The van der Waals surface area contributed by atoms with E-state index in [-0.39, 0.29) is 29.5 Å². The summed E-state index contributed by atoms with van der Waals surface area (Å²) in [7, 11) is -2.57. The molecule has 5 aromatic rings. The van der Waals surface area contributed by atoms with E-state index < -0.39 is 10.1 Å². The van der Waals surface area contributed by atoms with E-state index in [2.05, 4.69) is 59.7 Å². The Kier molecular flexibility index (Phi) is 11.0. The molecule has 1 N–H and O–H groups in total. The third-order valence-corrected chi connectivity index (χ3v) is 9.81. The van der Waals surface area contributed by atoms with Crippen LogP contribution in [-0.2, 0) is 26.1 Å². The van der Waals surface area contributed by atoms with E-state index in [0.717, 1.165) is 29.5 Å². The van der Waals surface area contributed by atoms with E-state index in [9.17, 15) is 13.2 Å². The van der Waals surface area contributed by atoms with Crippen molar-refractivity contribution in [3.8, 4) is 22.8 Å². The third-order valence-electron chi connectivity index (χ3n) is 7.86. The number of benzene rings is 4. The second-order valence-electron chi connectivity index (χ2n) is 12.3. The number of halogens is 2. The molecule has 48 heavy (non-hydrogen) atoms. The lowest BCUT2D eigenvalue weighted by Crippen LogP contribution is -2.29. The van der Waals surface area contributed by atoms with E-state index in [4.69, 9.17) is 32.5 Å². The van der Waals surface area contributed by atoms with Gasteiger partial charge in [-0.3, -0.25) is 8.98 Å². The molecule has 1 unspecified atom stereocenters. The van der Waals surface area contributed by atoms with Gasteiger partial charge in [-0.05, 0) is 64.9 Å². The molecule has 1 amide bonds. The lowest BCUT2D eigenvalue weighted by Gasteiger charge is -2.21. The lowest BCUT2D eigenvalue weighted by molar-refractivity contribution is 0.0956. The summed E-state index contributed by atoms with van der Waals surface area (Å²) >= 11 is 12.2. The van der Waals surface area contributed by atoms with E-state index in [1.54, 1.807) is 30.3 Å². The first-order valence-electron chi connectivity index (χ1n) is 15.3. The van der Waals surface area contributed by atoms with Gasteiger partial charge in [0, 0.05) is 35.7 Å². The van der Waals surface area contributed by atoms with Gasteiger partial charge < -0.3 is 14.6 Å². The van der Waals surface area contributed by atoms with Gasteiger partial charge in [0.15, 0.2) is 5.76 Å². The van der Waals surface area contributed by atoms with Crippen LogP contribution in [0.4, 0.5) is 0 Å². The van der Waals surface area contributed by atoms with Crippen LogP contribution in [0.2, 0.25) is 10.0 Å². The zero-order chi connectivity index (χ0) is 34.5. The van der Waals surface area contributed by atoms with Crippen molar-refractivity contribution < 1.29 is 26.7 Å². The smallest absolute Gasteiger partial charge is 0.268 e. The normalized spacial score (nSPS) is 12.5. The Morgan fingerprint density at radius 3 is 2.27 bits per heavy atom. The lowest BCUT2D eigenvalue weighted by atomic mass is 9.83. The van der Waals surface area contributed by atoms with Crippen molar-refractivity contribution in [1.29, 1.82) is 0 Å². The van der Waals surface area contributed by atoms with Crippen LogP contribution in [0.3, 0.4) is 0 Å². The van der Waals surface area contributed by atoms with Crippen LogP contribution in [0.15, 0.2) is 102 Å². The van der Waals surface area contributed by atoms with Crippen molar-refractivity contribution >= 4 is 39.2 Å². The Hall–Kier alpha value is -4.15. The van der Waals surface area contributed by atoms with E-state index >= 15 is 0 Å². The molecule has 5 rings (SSSR count). The summed E-state index contributed by atoms with van der Waals surface area (Å²) in [5.41, 5.74) is 5.25. The van der Waals surface area contributed by atoms with Gasteiger partial charge in [0.1, 0.15) is 11.5 Å². The summed E-state index contributed by atoms with van der Waals surface area (Å²) in [6.07, 6.45) is 0.593. The first-order valence-corrected chi connectivity index (χ1v) is 17.6. The van der Waals surface area contributed by atoms with Crippen molar-refractivity contribution in [2.24, 2.45) is 0 Å². The highest BCUT2D eigenvalue weighted by atomic mass is 35.5. The third kappa shape index (κ3) is 9.05. The van der Waals surface area contributed by atoms with E-state index in [0.29, 0.717) is 39.3 Å². The van der Waals surface area contributed by atoms with Gasteiger partial charge in [0.25, 0.3) is 16.0 Å². The first-order chi connectivity index (χ1) is 22.8. The highest BCUT2D eigenvalue weighted by Crippen LogP contribution is 2.35. The predicted octanol–water partition coefficient (Wildman–Crippen LogP) is 8.82. The second kappa shape index (κ2) is 15.0. The number of nitrogens with one attached hydrogen (secondary N) is 1. The molecule has 0 aliphatic carbocycles. The molecule has 0 aliphatic rings. The molecule has 4 aromatic carbocycles. The fraction of sp³-hybridized carbons (Fsp3) is 0.243. The minimum Gasteiger partial charge on any atom is -0.457 e. The van der Waals surface area contributed by atoms with Gasteiger partial charge in [-0.25, -0.2) is 0 Å². The Morgan fingerprint density at radius 1 is 0.896 bits per heavy atom. The summed E-state index contributed by atoms with van der Waals surface area (Å²) < 4.78 is 39.4. The predicted molar refractivity (Wildman–Crippen MR) is 189 cm³/mol. The quantitative estimate of drug-likeness (QED) is 0.129. The summed E-state index contributed by atoms with van der Waals surface area (Å²) in [4.78, 5) is 12.6. The molecular formula is C37H36Cl2N2O6S. The number of hydrogen-bond acceptors (Lipinski definition) is 7. The number of ether oxygens (including phenoxy) is 1. The Bertz CT molecular complexity index is 1990. The van der Waals surface area contributed by atoms with Crippen LogP contribution in [-0.4, -0.2) is 38.9 Å². The van der Waals surface area contributed by atoms with Gasteiger partial charge in [-0.1, -0.05) is 97.7 Å². The molecule has 0 saturated carbocycles. The van der Waals surface area contributed by atoms with Crippen LogP contribution in [0, 0.1) is 0 Å². The standard InChI is InChI=1S/C37H36Cl2N2O6S/c1-37(2,3)28-14-12-25(13-15-28)31(20-24-8-10-26(11-9-24)36(42)40-18-19-48(43,44)45-4)34-23-35(47-41-34)27-6-5-7-29(21-27)46-30-16-17-32(38)33(39)22-30/h5-17,21-23,31H,18-20H2,1-4H3,(H,40,42). The highest BCUT2D eigenvalue weighted by Gasteiger charge is 2.22. The number of amides is 1. The molecule has 0 saturated heterocycles. The number of aromatic nitrogens is 1. The largest absolute Gasteiger partial charge is 0.457 e. The van der Waals surface area contributed by atoms with Gasteiger partial charge in [0.05, 0.1) is 28.6 Å². The molecule has 0 radical (unpaired) electrons. The second-order valence-corrected chi connectivity index (χ2v) is 15.0. The maximum Gasteiger partial charge on any atom is 0.268 e. The van der Waals surface area contributed by atoms with Crippen molar-refractivity contribution in [2.45, 2.75) is 38.5 Å². The maximum absolute atomic E-state index is 12.6. The molecular weight excluding hydrogens is 671 g/mol. The van der Waals surface area contributed by atoms with Crippen LogP contribution in [0.1, 0.15) is 59.4 Å². The minimum absolute atomic E-state index is 0.00364. The Morgan fingerprint density at radius 2 is 1.60 bits per heavy atom. The topological polar surface area (TPSA) is 108 Å². The van der Waals surface area contributed by atoms with Crippen molar-refractivity contribution in [2.75, 3.05) is 19.4 Å². The molecule has 0 bridgehead atoms. The summed E-state index contributed by atoms with van der Waals surface area (Å²) in [6, 6.07) is 30.3. The molecule has 0 spiro atoms. The number of nitrogens with zero attached hydrogens (tertiary/aromatic N) is 1. The molecule has 11 heteroatoms. The Balaban J connectivity index is 1.38. The zero-order valence-electron chi connectivity index (χ0n) is 27.0. The fourth-order valence-corrected chi connectivity index (χ4v) is 5.90. The average Bonchev–Trinajstić information content (AvgIpc) is 3.55. The molecule has 0 fully saturated rings. The molecule has 0 aliphatic heterocycles. The van der Waals surface area contributed by atoms with Gasteiger partial charge >= 0.3 is 0 Å².